The maximum Gasteiger partial charge on any atom is 0.409 e. The smallest absolute Gasteiger partial charge is 0.409 e. The number of hydrogen-bond acceptors (Lipinski definition) is 5. The van der Waals surface area contributed by atoms with E-state index in [4.69, 9.17) is 16.3 Å². The number of rotatable bonds is 4. The summed E-state index contributed by atoms with van der Waals surface area (Å²) in [6.45, 7) is 1.79. The van der Waals surface area contributed by atoms with Crippen LogP contribution in [-0.2, 0) is 14.8 Å². The van der Waals surface area contributed by atoms with Crippen LogP contribution in [0.2, 0.25) is 5.02 Å². The van der Waals surface area contributed by atoms with Crippen LogP contribution in [0.1, 0.15) is 16.8 Å². The summed E-state index contributed by atoms with van der Waals surface area (Å²) >= 11 is 5.81. The Morgan fingerprint density at radius 1 is 0.933 bits per heavy atom. The normalized spacial score (nSPS) is 14.7. The number of methoxy groups -OCH3 is 1. The van der Waals surface area contributed by atoms with Gasteiger partial charge in [-0.3, -0.25) is 9.52 Å². The van der Waals surface area contributed by atoms with Crippen LogP contribution in [0, 0.1) is 0 Å². The van der Waals surface area contributed by atoms with Gasteiger partial charge < -0.3 is 14.5 Å². The lowest BCUT2D eigenvalue weighted by Gasteiger charge is -2.21. The predicted molar refractivity (Wildman–Crippen MR) is 113 cm³/mol. The summed E-state index contributed by atoms with van der Waals surface area (Å²) in [7, 11) is -2.47. The van der Waals surface area contributed by atoms with Crippen LogP contribution in [-0.4, -0.2) is 63.5 Å². The highest BCUT2D eigenvalue weighted by Gasteiger charge is 2.23. The molecule has 1 fully saturated rings. The van der Waals surface area contributed by atoms with Gasteiger partial charge >= 0.3 is 6.09 Å². The van der Waals surface area contributed by atoms with E-state index in [1.165, 1.54) is 31.4 Å². The summed E-state index contributed by atoms with van der Waals surface area (Å²) in [6, 6.07) is 12.1. The number of nitrogens with zero attached hydrogens (tertiary/aromatic N) is 2. The van der Waals surface area contributed by atoms with Crippen molar-refractivity contribution < 1.29 is 22.7 Å². The molecule has 0 saturated carbocycles. The van der Waals surface area contributed by atoms with Gasteiger partial charge in [0.25, 0.3) is 15.9 Å². The molecule has 0 aromatic heterocycles. The number of benzene rings is 2. The van der Waals surface area contributed by atoms with Crippen molar-refractivity contribution in [1.82, 2.24) is 9.80 Å². The topological polar surface area (TPSA) is 96.0 Å². The lowest BCUT2D eigenvalue weighted by atomic mass is 10.2. The number of hydrogen-bond donors (Lipinski definition) is 1. The van der Waals surface area contributed by atoms with Crippen molar-refractivity contribution in [3.05, 3.63) is 59.1 Å². The molecule has 8 nitrogen and oxygen atoms in total. The Labute approximate surface area is 180 Å². The van der Waals surface area contributed by atoms with Crippen molar-refractivity contribution in [2.45, 2.75) is 11.3 Å². The second kappa shape index (κ2) is 9.36. The Kier molecular flexibility index (Phi) is 6.84. The number of amides is 2. The summed E-state index contributed by atoms with van der Waals surface area (Å²) in [5, 5.41) is 0.504. The largest absolute Gasteiger partial charge is 0.453 e. The SMILES string of the molecule is COC(=O)N1CCCN(C(=O)c2ccc(S(=O)(=O)Nc3ccc(Cl)cc3)cc2)CC1. The minimum atomic E-state index is -3.80. The molecule has 160 valence electrons. The Morgan fingerprint density at radius 2 is 1.53 bits per heavy atom. The first-order valence-corrected chi connectivity index (χ1v) is 11.2. The van der Waals surface area contributed by atoms with Crippen LogP contribution in [0.15, 0.2) is 53.4 Å². The number of sulfonamides is 1. The van der Waals surface area contributed by atoms with Gasteiger partial charge in [-0.1, -0.05) is 11.6 Å². The van der Waals surface area contributed by atoms with Crippen LogP contribution in [0.4, 0.5) is 10.5 Å². The van der Waals surface area contributed by atoms with Gasteiger partial charge in [-0.15, -0.1) is 0 Å². The van der Waals surface area contributed by atoms with Crippen LogP contribution in [0.5, 0.6) is 0 Å². The highest BCUT2D eigenvalue weighted by molar-refractivity contribution is 7.92. The number of ether oxygens (including phenoxy) is 1. The van der Waals surface area contributed by atoms with Crippen molar-refractivity contribution in [1.29, 1.82) is 0 Å². The van der Waals surface area contributed by atoms with Crippen molar-refractivity contribution in [2.24, 2.45) is 0 Å². The quantitative estimate of drug-likeness (QED) is 0.770. The van der Waals surface area contributed by atoms with Gasteiger partial charge in [0.1, 0.15) is 0 Å². The molecule has 2 amide bonds. The zero-order chi connectivity index (χ0) is 21.7. The van der Waals surface area contributed by atoms with E-state index in [9.17, 15) is 18.0 Å². The molecule has 2 aromatic carbocycles. The van der Waals surface area contributed by atoms with Gasteiger partial charge in [-0.25, -0.2) is 13.2 Å². The molecular weight excluding hydrogens is 430 g/mol. The standard InChI is InChI=1S/C20H22ClN3O5S/c1-29-20(26)24-12-2-11-23(13-14-24)19(25)15-3-9-18(10-4-15)30(27,28)22-17-7-5-16(21)6-8-17/h3-10,22H,2,11-14H2,1H3. The molecule has 0 unspecified atom stereocenters. The molecule has 0 aliphatic carbocycles. The molecule has 1 N–H and O–H groups in total. The highest BCUT2D eigenvalue weighted by Crippen LogP contribution is 2.19. The molecule has 0 atom stereocenters. The summed E-state index contributed by atoms with van der Waals surface area (Å²) < 4.78 is 32.3. The monoisotopic (exact) mass is 451 g/mol. The van der Waals surface area contributed by atoms with E-state index in [1.54, 1.807) is 34.1 Å². The first-order chi connectivity index (χ1) is 14.3. The molecular formula is C20H22ClN3O5S. The average Bonchev–Trinajstić information content (AvgIpc) is 3.00. The van der Waals surface area contributed by atoms with Gasteiger partial charge in [0.2, 0.25) is 0 Å². The van der Waals surface area contributed by atoms with E-state index >= 15 is 0 Å². The van der Waals surface area contributed by atoms with E-state index in [0.29, 0.717) is 48.9 Å². The molecule has 1 heterocycles. The molecule has 2 aromatic rings. The van der Waals surface area contributed by atoms with Crippen molar-refractivity contribution >= 4 is 39.3 Å². The summed E-state index contributed by atoms with van der Waals surface area (Å²) in [5.74, 6) is -0.212. The number of anilines is 1. The Bertz CT molecular complexity index is 1010. The Hall–Kier alpha value is -2.78. The second-order valence-corrected chi connectivity index (χ2v) is 8.86. The third kappa shape index (κ3) is 5.22. The lowest BCUT2D eigenvalue weighted by molar-refractivity contribution is 0.0757. The molecule has 1 aliphatic heterocycles. The lowest BCUT2D eigenvalue weighted by Crippen LogP contribution is -2.37. The fourth-order valence-corrected chi connectivity index (χ4v) is 4.31. The molecule has 1 saturated heterocycles. The number of carbonyl (C=O) groups excluding carboxylic acids is 2. The maximum absolute atomic E-state index is 12.8. The summed E-state index contributed by atoms with van der Waals surface area (Å²) in [4.78, 5) is 27.7. The molecule has 10 heteroatoms. The van der Waals surface area contributed by atoms with Gasteiger partial charge in [-0.2, -0.15) is 0 Å². The predicted octanol–water partition coefficient (Wildman–Crippen LogP) is 3.06. The Balaban J connectivity index is 1.68. The van der Waals surface area contributed by atoms with Crippen LogP contribution in [0.25, 0.3) is 0 Å². The van der Waals surface area contributed by atoms with Gasteiger partial charge in [-0.05, 0) is 55.0 Å². The van der Waals surface area contributed by atoms with Crippen molar-refractivity contribution in [2.75, 3.05) is 38.0 Å². The van der Waals surface area contributed by atoms with Gasteiger partial charge in [0, 0.05) is 42.5 Å². The van der Waals surface area contributed by atoms with Crippen molar-refractivity contribution in [3.63, 3.8) is 0 Å². The van der Waals surface area contributed by atoms with E-state index < -0.39 is 16.1 Å². The first kappa shape index (κ1) is 21.9. The van der Waals surface area contributed by atoms with E-state index in [0.717, 1.165) is 0 Å². The van der Waals surface area contributed by atoms with E-state index in [-0.39, 0.29) is 10.8 Å². The molecule has 0 radical (unpaired) electrons. The molecule has 0 spiro atoms. The van der Waals surface area contributed by atoms with Gasteiger partial charge in [0.05, 0.1) is 12.0 Å². The Morgan fingerprint density at radius 3 is 2.17 bits per heavy atom. The third-order valence-corrected chi connectivity index (χ3v) is 6.37. The first-order valence-electron chi connectivity index (χ1n) is 9.31. The minimum Gasteiger partial charge on any atom is -0.453 e. The molecule has 1 aliphatic rings. The number of carbonyl (C=O) groups is 2. The van der Waals surface area contributed by atoms with Crippen LogP contribution < -0.4 is 4.72 Å². The minimum absolute atomic E-state index is 0.0433. The molecule has 3 rings (SSSR count). The summed E-state index contributed by atoms with van der Waals surface area (Å²) in [6.07, 6.45) is 0.227. The van der Waals surface area contributed by atoms with Crippen LogP contribution >= 0.6 is 11.6 Å². The zero-order valence-corrected chi connectivity index (χ0v) is 17.9. The second-order valence-electron chi connectivity index (χ2n) is 6.74. The van der Waals surface area contributed by atoms with Gasteiger partial charge in [0.15, 0.2) is 0 Å². The maximum atomic E-state index is 12.8. The summed E-state index contributed by atoms with van der Waals surface area (Å²) in [5.41, 5.74) is 0.770. The highest BCUT2D eigenvalue weighted by atomic mass is 35.5. The van der Waals surface area contributed by atoms with Crippen molar-refractivity contribution in [3.8, 4) is 0 Å². The zero-order valence-electron chi connectivity index (χ0n) is 16.4. The number of halogens is 1. The molecule has 0 bridgehead atoms. The average molecular weight is 452 g/mol. The van der Waals surface area contributed by atoms with E-state index in [2.05, 4.69) is 4.72 Å². The fourth-order valence-electron chi connectivity index (χ4n) is 3.12. The van der Waals surface area contributed by atoms with Crippen LogP contribution in [0.3, 0.4) is 0 Å². The fraction of sp³-hybridized carbons (Fsp3) is 0.300. The van der Waals surface area contributed by atoms with E-state index in [1.807, 2.05) is 0 Å². The third-order valence-electron chi connectivity index (χ3n) is 4.72. The molecule has 30 heavy (non-hydrogen) atoms. The number of nitrogens with one attached hydrogen (secondary N) is 1.